The number of hydrogen-bond acceptors (Lipinski definition) is 3. The average molecular weight is 345 g/mol. The van der Waals surface area contributed by atoms with Gasteiger partial charge in [0.25, 0.3) is 0 Å². The predicted octanol–water partition coefficient (Wildman–Crippen LogP) is 5.01. The largest absolute Gasteiger partial charge is 0.423 e. The van der Waals surface area contributed by atoms with Crippen molar-refractivity contribution in [3.05, 3.63) is 81.2 Å². The first-order valence-electron chi connectivity index (χ1n) is 8.95. The van der Waals surface area contributed by atoms with E-state index < -0.39 is 0 Å². The van der Waals surface area contributed by atoms with Gasteiger partial charge >= 0.3 is 5.63 Å². The summed E-state index contributed by atoms with van der Waals surface area (Å²) < 4.78 is 5.33. The topological polar surface area (TPSA) is 42.6 Å². The number of nitrogens with zero attached hydrogens (tertiary/aromatic N) is 1. The summed E-state index contributed by atoms with van der Waals surface area (Å²) in [6.07, 6.45) is 0. The zero-order valence-electron chi connectivity index (χ0n) is 15.9. The predicted molar refractivity (Wildman–Crippen MR) is 106 cm³/mol. The Morgan fingerprint density at radius 1 is 0.923 bits per heavy atom. The summed E-state index contributed by atoms with van der Waals surface area (Å²) in [5, 5.41) is 0.910. The highest BCUT2D eigenvalue weighted by Crippen LogP contribution is 2.44. The van der Waals surface area contributed by atoms with E-state index in [1.807, 2.05) is 19.1 Å². The van der Waals surface area contributed by atoms with E-state index in [4.69, 9.17) is 9.41 Å². The average Bonchev–Trinajstić information content (AvgIpc) is 2.58. The van der Waals surface area contributed by atoms with E-state index in [0.717, 1.165) is 22.2 Å². The highest BCUT2D eigenvalue weighted by atomic mass is 16.4. The number of benzene rings is 2. The van der Waals surface area contributed by atoms with Crippen LogP contribution in [0.2, 0.25) is 0 Å². The number of hydrogen-bond donors (Lipinski definition) is 0. The molecule has 3 nitrogen and oxygen atoms in total. The van der Waals surface area contributed by atoms with Crippen molar-refractivity contribution < 1.29 is 4.42 Å². The highest BCUT2D eigenvalue weighted by molar-refractivity contribution is 6.16. The molecule has 26 heavy (non-hydrogen) atoms. The number of fused-ring (bicyclic) bond motifs is 2. The minimum atomic E-state index is -0.326. The van der Waals surface area contributed by atoms with Gasteiger partial charge in [0.2, 0.25) is 0 Å². The van der Waals surface area contributed by atoms with Crippen molar-refractivity contribution in [2.45, 2.75) is 45.6 Å². The Balaban J connectivity index is 2.02. The molecule has 0 fully saturated rings. The van der Waals surface area contributed by atoms with Crippen LogP contribution in [0, 0.1) is 6.92 Å². The molecule has 0 atom stereocenters. The van der Waals surface area contributed by atoms with E-state index in [0.29, 0.717) is 5.58 Å². The van der Waals surface area contributed by atoms with Gasteiger partial charge in [-0.05, 0) is 50.1 Å². The smallest absolute Gasteiger partial charge is 0.336 e. The fraction of sp³-hybridized carbons (Fsp3) is 0.304. The molecule has 1 aliphatic heterocycles. The Hall–Kier alpha value is -2.68. The van der Waals surface area contributed by atoms with Crippen LogP contribution in [0.25, 0.3) is 11.0 Å². The maximum Gasteiger partial charge on any atom is 0.336 e. The molecule has 0 spiro atoms. The first-order valence-corrected chi connectivity index (χ1v) is 8.95. The second kappa shape index (κ2) is 5.41. The standard InChI is InChI=1S/C23H23NO2/c1-14-12-19-15(10-11-20(25)26-19)13-17(14)21-16-8-6-7-9-18(16)22(2,3)23(4,5)24-21/h6-13H,1-5H3. The van der Waals surface area contributed by atoms with Crippen molar-refractivity contribution in [2.24, 2.45) is 4.99 Å². The lowest BCUT2D eigenvalue weighted by atomic mass is 9.65. The molecule has 0 bridgehead atoms. The minimum Gasteiger partial charge on any atom is -0.423 e. The summed E-state index contributed by atoms with van der Waals surface area (Å²) in [7, 11) is 0. The molecule has 2 heterocycles. The molecule has 3 aromatic rings. The van der Waals surface area contributed by atoms with Gasteiger partial charge in [0.05, 0.1) is 11.3 Å². The van der Waals surface area contributed by atoms with Crippen LogP contribution in [0.3, 0.4) is 0 Å². The summed E-state index contributed by atoms with van der Waals surface area (Å²) in [6.45, 7) is 10.9. The number of rotatable bonds is 1. The third-order valence-corrected chi connectivity index (χ3v) is 6.00. The molecule has 0 amide bonds. The molecule has 0 saturated carbocycles. The van der Waals surface area contributed by atoms with Crippen molar-refractivity contribution in [3.63, 3.8) is 0 Å². The third-order valence-electron chi connectivity index (χ3n) is 6.00. The van der Waals surface area contributed by atoms with Crippen LogP contribution in [0.1, 0.15) is 49.9 Å². The second-order valence-corrected chi connectivity index (χ2v) is 8.15. The van der Waals surface area contributed by atoms with Crippen molar-refractivity contribution >= 4 is 16.7 Å². The van der Waals surface area contributed by atoms with E-state index >= 15 is 0 Å². The van der Waals surface area contributed by atoms with Crippen LogP contribution in [0.15, 0.2) is 62.7 Å². The van der Waals surface area contributed by atoms with Gasteiger partial charge in [0, 0.05) is 28.0 Å². The van der Waals surface area contributed by atoms with Crippen LogP contribution in [0.5, 0.6) is 0 Å². The van der Waals surface area contributed by atoms with Crippen LogP contribution in [-0.2, 0) is 5.41 Å². The molecule has 1 aliphatic rings. The molecule has 3 heteroatoms. The lowest BCUT2D eigenvalue weighted by molar-refractivity contribution is 0.303. The Morgan fingerprint density at radius 2 is 1.65 bits per heavy atom. The molecule has 4 rings (SSSR count). The lowest BCUT2D eigenvalue weighted by Gasteiger charge is -2.44. The van der Waals surface area contributed by atoms with Crippen LogP contribution < -0.4 is 5.63 Å². The molecule has 1 aromatic heterocycles. The zero-order chi connectivity index (χ0) is 18.7. The van der Waals surface area contributed by atoms with E-state index in [-0.39, 0.29) is 16.6 Å². The fourth-order valence-electron chi connectivity index (χ4n) is 3.72. The SMILES string of the molecule is Cc1cc2oc(=O)ccc2cc1C1=NC(C)(C)C(C)(C)c2ccccc21. The summed E-state index contributed by atoms with van der Waals surface area (Å²) in [6, 6.07) is 15.8. The normalized spacial score (nSPS) is 17.7. The number of aliphatic imine (C=N–C) groups is 1. The minimum absolute atomic E-state index is 0.0648. The summed E-state index contributed by atoms with van der Waals surface area (Å²) >= 11 is 0. The van der Waals surface area contributed by atoms with Crippen molar-refractivity contribution in [1.82, 2.24) is 0 Å². The molecule has 0 N–H and O–H groups in total. The number of aryl methyl sites for hydroxylation is 1. The summed E-state index contributed by atoms with van der Waals surface area (Å²) in [5.74, 6) is 0. The molecule has 0 aliphatic carbocycles. The van der Waals surface area contributed by atoms with Gasteiger partial charge in [-0.25, -0.2) is 4.79 Å². The first kappa shape index (κ1) is 16.8. The lowest BCUT2D eigenvalue weighted by Crippen LogP contribution is -2.46. The second-order valence-electron chi connectivity index (χ2n) is 8.15. The van der Waals surface area contributed by atoms with Crippen molar-refractivity contribution in [2.75, 3.05) is 0 Å². The van der Waals surface area contributed by atoms with E-state index in [2.05, 4.69) is 58.0 Å². The molecule has 0 saturated heterocycles. The molecule has 2 aromatic carbocycles. The fourth-order valence-corrected chi connectivity index (χ4v) is 3.72. The van der Waals surface area contributed by atoms with Crippen LogP contribution in [0.4, 0.5) is 0 Å². The Morgan fingerprint density at radius 3 is 2.42 bits per heavy atom. The van der Waals surface area contributed by atoms with Gasteiger partial charge < -0.3 is 4.42 Å². The molecule has 132 valence electrons. The van der Waals surface area contributed by atoms with Crippen molar-refractivity contribution in [3.8, 4) is 0 Å². The van der Waals surface area contributed by atoms with Gasteiger partial charge in [-0.15, -0.1) is 0 Å². The highest BCUT2D eigenvalue weighted by Gasteiger charge is 2.43. The van der Waals surface area contributed by atoms with Gasteiger partial charge in [0.15, 0.2) is 0 Å². The van der Waals surface area contributed by atoms with Crippen LogP contribution in [-0.4, -0.2) is 11.3 Å². The Bertz CT molecular complexity index is 1120. The van der Waals surface area contributed by atoms with E-state index in [1.165, 1.54) is 17.2 Å². The van der Waals surface area contributed by atoms with Crippen molar-refractivity contribution in [1.29, 1.82) is 0 Å². The third kappa shape index (κ3) is 2.34. The summed E-state index contributed by atoms with van der Waals surface area (Å²) in [5.41, 5.74) is 5.63. The molecular weight excluding hydrogens is 322 g/mol. The monoisotopic (exact) mass is 345 g/mol. The Labute approximate surface area is 153 Å². The van der Waals surface area contributed by atoms with E-state index in [9.17, 15) is 4.79 Å². The van der Waals surface area contributed by atoms with Gasteiger partial charge in [0.1, 0.15) is 5.58 Å². The molecular formula is C23H23NO2. The molecule has 0 radical (unpaired) electrons. The molecule has 0 unspecified atom stereocenters. The van der Waals surface area contributed by atoms with E-state index in [1.54, 1.807) is 0 Å². The Kier molecular flexibility index (Phi) is 3.49. The first-order chi connectivity index (χ1) is 12.2. The van der Waals surface area contributed by atoms with Gasteiger partial charge in [-0.1, -0.05) is 38.1 Å². The quantitative estimate of drug-likeness (QED) is 0.582. The zero-order valence-corrected chi connectivity index (χ0v) is 15.9. The van der Waals surface area contributed by atoms with Gasteiger partial charge in [-0.3, -0.25) is 4.99 Å². The maximum absolute atomic E-state index is 11.5. The maximum atomic E-state index is 11.5. The summed E-state index contributed by atoms with van der Waals surface area (Å²) in [4.78, 5) is 16.7. The van der Waals surface area contributed by atoms with Gasteiger partial charge in [-0.2, -0.15) is 0 Å². The van der Waals surface area contributed by atoms with Crippen LogP contribution >= 0.6 is 0 Å².